The van der Waals surface area contributed by atoms with Crippen LogP contribution < -0.4 is 5.46 Å². The van der Waals surface area contributed by atoms with E-state index in [2.05, 4.69) is 7.85 Å². The minimum absolute atomic E-state index is 1.12. The van der Waals surface area contributed by atoms with E-state index in [9.17, 15) is 22.0 Å². The Morgan fingerprint density at radius 2 is 0.833 bits per heavy atom. The maximum atomic E-state index is 12.3. The number of halogens is 5. The molecule has 0 heterocycles. The Balaban J connectivity index is 3.60. The summed E-state index contributed by atoms with van der Waals surface area (Å²) < 4.78 is 61.3. The summed E-state index contributed by atoms with van der Waals surface area (Å²) in [6.45, 7) is 0. The van der Waals surface area contributed by atoms with Gasteiger partial charge in [0.1, 0.15) is 11.6 Å². The Morgan fingerprint density at radius 3 is 1.17 bits per heavy atom. The smallest absolute Gasteiger partial charge is 0.200 e. The predicted molar refractivity (Wildman–Crippen MR) is 33.0 cm³/mol. The summed E-state index contributed by atoms with van der Waals surface area (Å²) in [5.74, 6) is -9.91. The van der Waals surface area contributed by atoms with E-state index in [-0.39, 0.29) is 0 Å². The fourth-order valence-electron chi connectivity index (χ4n) is 0.650. The van der Waals surface area contributed by atoms with Crippen LogP contribution in [0.2, 0.25) is 0 Å². The lowest BCUT2D eigenvalue weighted by molar-refractivity contribution is 0.384. The molecule has 0 fully saturated rings. The number of benzene rings is 1. The molecular formula is C6HBF5-. The van der Waals surface area contributed by atoms with E-state index in [4.69, 9.17) is 0 Å². The fourth-order valence-corrected chi connectivity index (χ4v) is 0.650. The minimum atomic E-state index is -2.17. The van der Waals surface area contributed by atoms with Gasteiger partial charge in [0.15, 0.2) is 17.5 Å². The molecule has 0 saturated heterocycles. The molecule has 0 bridgehead atoms. The molecule has 2 radical (unpaired) electrons. The molecule has 0 nitrogen and oxygen atoms in total. The quantitative estimate of drug-likeness (QED) is 0.240. The first-order valence-corrected chi connectivity index (χ1v) is 2.80. The lowest BCUT2D eigenvalue weighted by Crippen LogP contribution is -2.20. The zero-order valence-electron chi connectivity index (χ0n) is 5.60. The fraction of sp³-hybridized carbons (Fsp3) is 0. The van der Waals surface area contributed by atoms with Crippen LogP contribution in [0.4, 0.5) is 22.0 Å². The highest BCUT2D eigenvalue weighted by atomic mass is 19.2. The lowest BCUT2D eigenvalue weighted by atomic mass is 9.94. The van der Waals surface area contributed by atoms with Gasteiger partial charge in [0.2, 0.25) is 0 Å². The van der Waals surface area contributed by atoms with Crippen molar-refractivity contribution in [1.82, 2.24) is 0 Å². The number of hydrogen-bond donors (Lipinski definition) is 0. The Labute approximate surface area is 65.4 Å². The normalized spacial score (nSPS) is 10.5. The molecule has 0 N–H and O–H groups in total. The van der Waals surface area contributed by atoms with Crippen LogP contribution >= 0.6 is 0 Å². The molecule has 1 aromatic rings. The highest BCUT2D eigenvalue weighted by Gasteiger charge is 2.18. The molecule has 1 rings (SSSR count). The highest BCUT2D eigenvalue weighted by Crippen LogP contribution is 2.14. The average Bonchev–Trinajstić information content (AvgIpc) is 2.08. The third kappa shape index (κ3) is 1.07. The van der Waals surface area contributed by atoms with Crippen molar-refractivity contribution in [2.45, 2.75) is 0 Å². The lowest BCUT2D eigenvalue weighted by Gasteiger charge is -2.09. The largest absolute Gasteiger partial charge is 0.311 e. The molecule has 0 saturated carbocycles. The summed E-state index contributed by atoms with van der Waals surface area (Å²) in [4.78, 5) is 0. The third-order valence-electron chi connectivity index (χ3n) is 1.30. The molecule has 6 heteroatoms. The zero-order chi connectivity index (χ0) is 9.46. The van der Waals surface area contributed by atoms with E-state index in [0.717, 1.165) is 0 Å². The molecule has 0 aromatic heterocycles. The second-order valence-corrected chi connectivity index (χ2v) is 2.05. The van der Waals surface area contributed by atoms with Gasteiger partial charge in [-0.2, -0.15) is 0 Å². The van der Waals surface area contributed by atoms with Gasteiger partial charge in [-0.1, -0.05) is 0 Å². The van der Waals surface area contributed by atoms with Crippen molar-refractivity contribution in [3.05, 3.63) is 29.1 Å². The van der Waals surface area contributed by atoms with E-state index in [0.29, 0.717) is 0 Å². The van der Waals surface area contributed by atoms with Gasteiger partial charge in [0, 0.05) is 0 Å². The van der Waals surface area contributed by atoms with E-state index in [1.54, 1.807) is 0 Å². The van der Waals surface area contributed by atoms with Gasteiger partial charge in [-0.15, -0.1) is 0 Å². The zero-order valence-corrected chi connectivity index (χ0v) is 5.60. The second kappa shape index (κ2) is 2.77. The topological polar surface area (TPSA) is 0 Å². The van der Waals surface area contributed by atoms with Crippen LogP contribution in [0, 0.1) is 29.1 Å². The van der Waals surface area contributed by atoms with E-state index >= 15 is 0 Å². The maximum Gasteiger partial charge on any atom is 0.200 e. The summed E-state index contributed by atoms with van der Waals surface area (Å²) in [6, 6.07) is 0. The molecular weight excluding hydrogens is 178 g/mol. The first-order chi connectivity index (χ1) is 5.46. The molecule has 0 aliphatic carbocycles. The van der Waals surface area contributed by atoms with Crippen LogP contribution in [0.3, 0.4) is 0 Å². The van der Waals surface area contributed by atoms with E-state index in [1.807, 2.05) is 0 Å². The van der Waals surface area contributed by atoms with Gasteiger partial charge >= 0.3 is 0 Å². The SMILES string of the molecule is [BH-]c1c(F)c(F)c(F)c(F)c1F. The van der Waals surface area contributed by atoms with Crippen molar-refractivity contribution in [2.24, 2.45) is 0 Å². The highest BCUT2D eigenvalue weighted by molar-refractivity contribution is 6.32. The van der Waals surface area contributed by atoms with Crippen molar-refractivity contribution in [1.29, 1.82) is 0 Å². The molecule has 0 spiro atoms. The van der Waals surface area contributed by atoms with Crippen molar-refractivity contribution >= 4 is 13.3 Å². The molecule has 0 aliphatic heterocycles. The van der Waals surface area contributed by atoms with Crippen molar-refractivity contribution in [3.63, 3.8) is 0 Å². The van der Waals surface area contributed by atoms with Crippen LogP contribution in [0.1, 0.15) is 0 Å². The molecule has 0 amide bonds. The Kier molecular flexibility index (Phi) is 2.08. The summed E-state index contributed by atoms with van der Waals surface area (Å²) in [5.41, 5.74) is -1.12. The molecule has 0 aliphatic rings. The van der Waals surface area contributed by atoms with Gasteiger partial charge in [-0.3, -0.25) is 0 Å². The molecule has 64 valence electrons. The van der Waals surface area contributed by atoms with Crippen LogP contribution in [-0.4, -0.2) is 7.85 Å². The predicted octanol–water partition coefficient (Wildman–Crippen LogP) is 0.908. The Bertz CT molecular complexity index is 230. The average molecular weight is 179 g/mol. The Hall–Kier alpha value is -1.07. The van der Waals surface area contributed by atoms with Crippen molar-refractivity contribution in [2.75, 3.05) is 0 Å². The summed E-state index contributed by atoms with van der Waals surface area (Å²) in [6.07, 6.45) is 0. The minimum Gasteiger partial charge on any atom is -0.311 e. The molecule has 0 unspecified atom stereocenters. The summed E-state index contributed by atoms with van der Waals surface area (Å²) in [7, 11) is 2.69. The Morgan fingerprint density at radius 1 is 0.583 bits per heavy atom. The standard InChI is InChI=1S/C6HBF5/c7-1-2(8)4(10)6(12)5(11)3(1)9/h7H/q-1. The van der Waals surface area contributed by atoms with Gasteiger partial charge in [-0.05, 0) is 0 Å². The first kappa shape index (κ1) is 9.03. The summed E-state index contributed by atoms with van der Waals surface area (Å²) >= 11 is 0. The van der Waals surface area contributed by atoms with Gasteiger partial charge in [-0.25, -0.2) is 27.4 Å². The molecule has 1 aromatic carbocycles. The van der Waals surface area contributed by atoms with Crippen LogP contribution in [-0.2, 0) is 0 Å². The van der Waals surface area contributed by atoms with Crippen LogP contribution in [0.25, 0.3) is 0 Å². The van der Waals surface area contributed by atoms with E-state index in [1.165, 1.54) is 0 Å². The second-order valence-electron chi connectivity index (χ2n) is 2.05. The molecule has 0 atom stereocenters. The number of rotatable bonds is 0. The van der Waals surface area contributed by atoms with Gasteiger partial charge in [0.25, 0.3) is 0 Å². The summed E-state index contributed by atoms with van der Waals surface area (Å²) in [5, 5.41) is 0. The van der Waals surface area contributed by atoms with Crippen LogP contribution in [0.5, 0.6) is 0 Å². The van der Waals surface area contributed by atoms with Crippen LogP contribution in [0.15, 0.2) is 0 Å². The molecule has 12 heavy (non-hydrogen) atoms. The van der Waals surface area contributed by atoms with Crippen molar-refractivity contribution < 1.29 is 22.0 Å². The van der Waals surface area contributed by atoms with Gasteiger partial charge in [0.05, 0.1) is 0 Å². The number of hydrogen-bond acceptors (Lipinski definition) is 0. The van der Waals surface area contributed by atoms with E-state index < -0.39 is 34.5 Å². The first-order valence-electron chi connectivity index (χ1n) is 2.80. The van der Waals surface area contributed by atoms with Crippen molar-refractivity contribution in [3.8, 4) is 0 Å². The van der Waals surface area contributed by atoms with Gasteiger partial charge < -0.3 is 7.85 Å². The maximum absolute atomic E-state index is 12.3. The monoisotopic (exact) mass is 179 g/mol. The third-order valence-corrected chi connectivity index (χ3v) is 1.30.